The highest BCUT2D eigenvalue weighted by molar-refractivity contribution is 14.1. The van der Waals surface area contributed by atoms with Crippen LogP contribution in [0.4, 0.5) is 0 Å². The number of hydrogen-bond acceptors (Lipinski definition) is 32. The molecule has 0 bridgehead atoms. The fourth-order valence-electron chi connectivity index (χ4n) is 20.7. The van der Waals surface area contributed by atoms with Crippen molar-refractivity contribution in [2.75, 3.05) is 26.4 Å². The van der Waals surface area contributed by atoms with Crippen LogP contribution in [-0.2, 0) is 76.0 Å². The van der Waals surface area contributed by atoms with Gasteiger partial charge in [0.2, 0.25) is 12.2 Å². The van der Waals surface area contributed by atoms with Crippen molar-refractivity contribution in [3.63, 3.8) is 0 Å². The van der Waals surface area contributed by atoms with Gasteiger partial charge in [0.1, 0.15) is 115 Å². The lowest BCUT2D eigenvalue weighted by molar-refractivity contribution is -0.391. The Hall–Kier alpha value is -3.60. The van der Waals surface area contributed by atoms with E-state index >= 15 is 4.79 Å². The number of aliphatic hydroxyl groups excluding tert-OH is 15. The lowest BCUT2D eigenvalue weighted by Crippen LogP contribution is -2.69. The Kier molecular flexibility index (Phi) is 27.1. The molecular weight excluding hydrogens is 1590 g/mol. The Morgan fingerprint density at radius 1 is 0.571 bits per heavy atom. The normalized spacial score (nSPS) is 48.1. The number of unbranched alkanes of at least 4 members (excludes halogenated alkanes) is 3. The van der Waals surface area contributed by atoms with Crippen molar-refractivity contribution in [2.45, 2.75) is 323 Å². The smallest absolute Gasteiger partial charge is 0.335 e. The van der Waals surface area contributed by atoms with Crippen LogP contribution >= 0.6 is 22.6 Å². The quantitative estimate of drug-likeness (QED) is 0.0109. The van der Waals surface area contributed by atoms with Gasteiger partial charge in [-0.25, -0.2) is 4.79 Å². The number of aliphatic hydroxyl groups is 15. The van der Waals surface area contributed by atoms with E-state index in [0.717, 1.165) is 15.4 Å². The summed E-state index contributed by atoms with van der Waals surface area (Å²) >= 11 is 2.17. The maximum atomic E-state index is 16.0. The second-order valence-electron chi connectivity index (χ2n) is 34.8. The highest BCUT2D eigenvalue weighted by Crippen LogP contribution is 2.76. The fourth-order valence-corrected chi connectivity index (χ4v) is 21.0. The number of aldehydes is 1. The molecule has 35 heteroatoms. The third-order valence-corrected chi connectivity index (χ3v) is 28.2. The second kappa shape index (κ2) is 34.6. The fraction of sp³-hybridized carbons (Fsp3) is 0.831. The van der Waals surface area contributed by atoms with Gasteiger partial charge in [0, 0.05) is 22.0 Å². The van der Waals surface area contributed by atoms with Crippen LogP contribution in [0, 0.1) is 53.8 Å². The van der Waals surface area contributed by atoms with Crippen LogP contribution in [0.25, 0.3) is 0 Å². The van der Waals surface area contributed by atoms with Crippen molar-refractivity contribution < 1.29 is 163 Å². The molecule has 1 aromatic carbocycles. The first-order chi connectivity index (χ1) is 52.8. The first-order valence-corrected chi connectivity index (χ1v) is 40.3. The van der Waals surface area contributed by atoms with E-state index in [1.54, 1.807) is 19.1 Å². The lowest BCUT2D eigenvalue weighted by Gasteiger charge is -2.71. The summed E-state index contributed by atoms with van der Waals surface area (Å²) in [7, 11) is 0. The van der Waals surface area contributed by atoms with E-state index in [1.165, 1.54) is 6.92 Å². The maximum absolute atomic E-state index is 16.0. The molecule has 6 heterocycles. The average Bonchev–Trinajstić information content (AvgIpc) is 0.669. The summed E-state index contributed by atoms with van der Waals surface area (Å²) in [5.41, 5.74) is -4.20. The largest absolute Gasteiger partial charge is 0.479 e. The summed E-state index contributed by atoms with van der Waals surface area (Å²) in [5, 5.41) is 181. The van der Waals surface area contributed by atoms with Gasteiger partial charge in [0.15, 0.2) is 49.4 Å². The minimum absolute atomic E-state index is 0.0124. The van der Waals surface area contributed by atoms with Crippen molar-refractivity contribution in [3.05, 3.63) is 45.0 Å². The summed E-state index contributed by atoms with van der Waals surface area (Å²) < 4.78 is 74.0. The SMILES string of the molecule is CC1O[C@@H](OC2C(O)[C@@H](NC(=O)CCCCCCC(=O)c3ccc(I)cc3)CO[C@H]2OC(=O)[C@]23CCC(C)(C)CC2C2=CCC4C5(C)CC[C@H](O[C@@H]6OC(C(=O)O)[C@@H](O)[C@H](O[C@@H]7OC[C@@H](O)[C@H](O)C7O)C6O[C@@H]6OC(CO)[C@H](O)[C@H](O)C6O)[C@](C)(C=O)[C@@H]5CC[C@]4(C)[C@]2(C)CC3O)C(O)C(O)[C@H]1O[C@@H]1OC[C@@H](O)C(O)C1O. The number of carbonyl (C=O) groups is 5. The average molecular weight is 1710 g/mol. The number of esters is 1. The van der Waals surface area contributed by atoms with E-state index in [-0.39, 0.29) is 37.4 Å². The van der Waals surface area contributed by atoms with Gasteiger partial charge >= 0.3 is 11.9 Å². The topological polar surface area (TPSA) is 532 Å². The van der Waals surface area contributed by atoms with E-state index in [2.05, 4.69) is 68.6 Å². The Morgan fingerprint density at radius 2 is 1.16 bits per heavy atom. The molecule has 12 rings (SSSR count). The number of rotatable bonds is 24. The predicted octanol–water partition coefficient (Wildman–Crippen LogP) is -1.25. The van der Waals surface area contributed by atoms with Crippen molar-refractivity contribution in [3.8, 4) is 0 Å². The van der Waals surface area contributed by atoms with Crippen molar-refractivity contribution in [2.24, 2.45) is 50.2 Å². The van der Waals surface area contributed by atoms with Crippen LogP contribution in [0.3, 0.4) is 0 Å². The molecule has 16 unspecified atom stereocenters. The van der Waals surface area contributed by atoms with Gasteiger partial charge in [-0.3, -0.25) is 14.4 Å². The molecule has 10 fully saturated rings. The van der Waals surface area contributed by atoms with Crippen molar-refractivity contribution >= 4 is 52.5 Å². The summed E-state index contributed by atoms with van der Waals surface area (Å²) in [5.74, 6) is -4.48. The number of fused-ring (bicyclic) bond motifs is 7. The van der Waals surface area contributed by atoms with Crippen LogP contribution in [0.15, 0.2) is 35.9 Å². The van der Waals surface area contributed by atoms with Gasteiger partial charge in [0.25, 0.3) is 0 Å². The lowest BCUT2D eigenvalue weighted by atomic mass is 9.33. The van der Waals surface area contributed by atoms with Crippen LogP contribution < -0.4 is 5.32 Å². The first-order valence-electron chi connectivity index (χ1n) is 39.2. The Labute approximate surface area is 661 Å². The predicted molar refractivity (Wildman–Crippen MR) is 388 cm³/mol. The number of halogens is 1. The molecule has 0 spiro atoms. The third kappa shape index (κ3) is 16.4. The van der Waals surface area contributed by atoms with Crippen LogP contribution in [-0.4, -0.2) is 316 Å². The number of ketones is 1. The van der Waals surface area contributed by atoms with E-state index in [9.17, 15) is 101 Å². The Balaban J connectivity index is 0.789. The summed E-state index contributed by atoms with van der Waals surface area (Å²) in [4.78, 5) is 69.9. The number of Topliss-reactive ketones (excluding diaryl/α,β-unsaturated/α-hetero) is 1. The van der Waals surface area contributed by atoms with Crippen LogP contribution in [0.1, 0.15) is 155 Å². The molecule has 5 aliphatic carbocycles. The number of nitrogens with one attached hydrogen (secondary N) is 1. The standard InChI is InChI=1S/C77H114INO33/c1-33-59(107-65-54(93)49(88)40(83)30-102-65)53(92)57(96)67(104-33)110-62-48(87)38(79-47(86)13-11-9-8-10-12-39(82)34-14-16-35(78)17-15-34)29-101-69(62)112-71(100)77-25-24-72(2,3)26-37(77)36-18-19-44-73(4)22-21-46(74(5,32-81)43(73)20-23-75(44,6)76(36,7)27-45(77)85)106-70-63(111-68-56(95)52(91)51(90)42(28-80)105-68)60(58(97)61(109-70)64(98)99)108-66-55(94)50(89)41(84)31-103-66/h14-18,32-33,37-38,40-46,48-63,65-70,80,83-85,87-97H,8-13,19-31H2,1-7H3,(H,79,86)(H,98,99)/t33?,37?,38-,40+,41+,42?,43+,44?,45?,46-,48?,49?,50-,51-,52-,53?,54?,55?,56?,57?,58-,59-,60-,61?,62?,63?,65-,66-,67-,68-,69-,70+,73?,74+,75-,76+,77+/m0/s1. The van der Waals surface area contributed by atoms with Crippen LogP contribution in [0.5, 0.6) is 0 Å². The number of ether oxygens (including phenoxy) is 12. The summed E-state index contributed by atoms with van der Waals surface area (Å²) in [6.07, 6.45) is -41.5. The molecule has 1 amide bonds. The van der Waals surface area contributed by atoms with Gasteiger partial charge in [0.05, 0.1) is 56.2 Å². The number of carboxylic acid groups (broad SMARTS) is 1. The number of hydrogen-bond donors (Lipinski definition) is 17. The molecule has 632 valence electrons. The number of amides is 1. The molecule has 11 aliphatic rings. The van der Waals surface area contributed by atoms with Gasteiger partial charge in [-0.1, -0.05) is 78.2 Å². The van der Waals surface area contributed by atoms with Gasteiger partial charge in [-0.2, -0.15) is 0 Å². The third-order valence-electron chi connectivity index (χ3n) is 27.5. The zero-order valence-electron chi connectivity index (χ0n) is 63.8. The van der Waals surface area contributed by atoms with E-state index in [1.807, 2.05) is 12.1 Å². The molecule has 6 saturated heterocycles. The molecule has 17 N–H and O–H groups in total. The first kappa shape index (κ1) is 87.7. The molecule has 0 aromatic heterocycles. The maximum Gasteiger partial charge on any atom is 0.335 e. The van der Waals surface area contributed by atoms with E-state index in [0.29, 0.717) is 76.2 Å². The van der Waals surface area contributed by atoms with Crippen LogP contribution in [0.2, 0.25) is 0 Å². The Morgan fingerprint density at radius 3 is 1.79 bits per heavy atom. The van der Waals surface area contributed by atoms with Crippen molar-refractivity contribution in [1.29, 1.82) is 0 Å². The van der Waals surface area contributed by atoms with Gasteiger partial charge in [-0.15, -0.1) is 0 Å². The molecule has 4 saturated carbocycles. The Bertz CT molecular complexity index is 3490. The van der Waals surface area contributed by atoms with Gasteiger partial charge in [-0.05, 0) is 152 Å². The molecule has 0 radical (unpaired) electrons. The zero-order chi connectivity index (χ0) is 81.4. The monoisotopic (exact) mass is 1710 g/mol. The number of allylic oxidation sites excluding steroid dienone is 2. The number of benzene rings is 1. The highest BCUT2D eigenvalue weighted by Gasteiger charge is 2.73. The summed E-state index contributed by atoms with van der Waals surface area (Å²) in [6, 6.07) is 6.08. The molecule has 34 nitrogen and oxygen atoms in total. The van der Waals surface area contributed by atoms with Gasteiger partial charge < -0.3 is 149 Å². The molecule has 37 atom stereocenters. The van der Waals surface area contributed by atoms with E-state index < -0.39 is 267 Å². The second-order valence-corrected chi connectivity index (χ2v) is 36.0. The summed E-state index contributed by atoms with van der Waals surface area (Å²) in [6.45, 7) is 11.4. The number of carboxylic acids is 1. The minimum Gasteiger partial charge on any atom is -0.479 e. The number of carbonyl (C=O) groups excluding carboxylic acids is 4. The zero-order valence-corrected chi connectivity index (χ0v) is 66.0. The van der Waals surface area contributed by atoms with Crippen molar-refractivity contribution in [1.82, 2.24) is 5.32 Å². The van der Waals surface area contributed by atoms with E-state index in [4.69, 9.17) is 56.8 Å². The molecule has 1 aromatic rings. The molecular formula is C77H114INO33. The number of aliphatic carboxylic acids is 1. The molecule has 112 heavy (non-hydrogen) atoms. The molecule has 6 aliphatic heterocycles. The minimum atomic E-state index is -2.22. The highest BCUT2D eigenvalue weighted by atomic mass is 127.